The number of thioether (sulfide) groups is 1. The van der Waals surface area contributed by atoms with E-state index in [0.717, 1.165) is 98.8 Å². The van der Waals surface area contributed by atoms with Crippen LogP contribution in [0.1, 0.15) is 93.9 Å². The average Bonchev–Trinajstić information content (AvgIpc) is 3.08. The molecule has 0 spiro atoms. The van der Waals surface area contributed by atoms with Gasteiger partial charge in [-0.05, 0) is 6.42 Å². The van der Waals surface area contributed by atoms with E-state index in [1.165, 1.54) is 0 Å². The van der Waals surface area contributed by atoms with Gasteiger partial charge in [-0.2, -0.15) is 0 Å². The van der Waals surface area contributed by atoms with Crippen LogP contribution < -0.4 is 5.32 Å². The van der Waals surface area contributed by atoms with Gasteiger partial charge in [-0.1, -0.05) is 39.0 Å². The Morgan fingerprint density at radius 1 is 0.518 bits per heavy atom. The minimum Gasteiger partial charge on any atom is -0.463 e. The van der Waals surface area contributed by atoms with Crippen molar-refractivity contribution in [2.75, 3.05) is 25.5 Å². The second kappa shape index (κ2) is 24.6. The molecule has 0 saturated carbocycles. The van der Waals surface area contributed by atoms with E-state index < -0.39 is 116 Å². The van der Waals surface area contributed by atoms with Gasteiger partial charge in [0.25, 0.3) is 0 Å². The van der Waals surface area contributed by atoms with E-state index in [1.54, 1.807) is 0 Å². The van der Waals surface area contributed by atoms with Gasteiger partial charge in [0.2, 0.25) is 5.91 Å². The SMILES string of the molecule is CCCCCCCCNC(=O)CS[C@@H]1O[C@H](COC(C)=O)[C@@H](O[C@@H]2O[C@H](COC(C)=O)[C@H](OC(C)=O)[C@H](OC(C)=O)[C@H]2OC(C)=O)[C@H](OC(C)=O)[C@H]1OC(C)=O. The van der Waals surface area contributed by atoms with Crippen molar-refractivity contribution in [2.24, 2.45) is 0 Å². The zero-order valence-corrected chi connectivity index (χ0v) is 33.9. The largest absolute Gasteiger partial charge is 0.463 e. The minimum absolute atomic E-state index is 0.170. The molecule has 0 aliphatic carbocycles. The Morgan fingerprint density at radius 2 is 0.964 bits per heavy atom. The molecule has 0 bridgehead atoms. The quantitative estimate of drug-likeness (QED) is 0.0986. The molecule has 0 aromatic heterocycles. The highest BCUT2D eigenvalue weighted by Gasteiger charge is 2.57. The average molecular weight is 822 g/mol. The summed E-state index contributed by atoms with van der Waals surface area (Å²) in [5.41, 5.74) is -1.20. The zero-order valence-electron chi connectivity index (χ0n) is 33.1. The highest BCUT2D eigenvalue weighted by Crippen LogP contribution is 2.37. The fraction of sp³-hybridized carbons (Fsp3) is 0.778. The fourth-order valence-electron chi connectivity index (χ4n) is 5.95. The van der Waals surface area contributed by atoms with Crippen LogP contribution >= 0.6 is 11.8 Å². The smallest absolute Gasteiger partial charge is 0.303 e. The van der Waals surface area contributed by atoms with Gasteiger partial charge in [0.15, 0.2) is 36.8 Å². The van der Waals surface area contributed by atoms with Crippen molar-refractivity contribution in [1.82, 2.24) is 5.32 Å². The summed E-state index contributed by atoms with van der Waals surface area (Å²) >= 11 is 0.925. The summed E-state index contributed by atoms with van der Waals surface area (Å²) < 4.78 is 56.8. The lowest BCUT2D eigenvalue weighted by molar-refractivity contribution is -0.341. The topological polar surface area (TPSA) is 241 Å². The summed E-state index contributed by atoms with van der Waals surface area (Å²) in [4.78, 5) is 98.8. The third-order valence-electron chi connectivity index (χ3n) is 8.12. The molecular weight excluding hydrogens is 766 g/mol. The molecule has 318 valence electrons. The van der Waals surface area contributed by atoms with Crippen LogP contribution in [0.3, 0.4) is 0 Å². The number of nitrogens with one attached hydrogen (secondary N) is 1. The lowest BCUT2D eigenvalue weighted by atomic mass is 9.96. The van der Waals surface area contributed by atoms with Crippen molar-refractivity contribution in [3.8, 4) is 0 Å². The van der Waals surface area contributed by atoms with Crippen LogP contribution in [-0.4, -0.2) is 134 Å². The predicted octanol–water partition coefficient (Wildman–Crippen LogP) is 1.82. The van der Waals surface area contributed by atoms with Gasteiger partial charge in [-0.3, -0.25) is 38.4 Å². The number of ether oxygens (including phenoxy) is 10. The first kappa shape index (κ1) is 48.1. The van der Waals surface area contributed by atoms with Crippen molar-refractivity contribution >= 4 is 59.5 Å². The van der Waals surface area contributed by atoms with Gasteiger partial charge in [-0.15, -0.1) is 11.8 Å². The van der Waals surface area contributed by atoms with Crippen LogP contribution in [0.25, 0.3) is 0 Å². The monoisotopic (exact) mass is 821 g/mol. The van der Waals surface area contributed by atoms with E-state index in [9.17, 15) is 38.4 Å². The highest BCUT2D eigenvalue weighted by molar-refractivity contribution is 8.00. The molecule has 0 aromatic carbocycles. The van der Waals surface area contributed by atoms with E-state index in [1.807, 2.05) is 0 Å². The van der Waals surface area contributed by atoms with Gasteiger partial charge in [0, 0.05) is 55.0 Å². The van der Waals surface area contributed by atoms with Crippen LogP contribution in [0, 0.1) is 0 Å². The van der Waals surface area contributed by atoms with Crippen molar-refractivity contribution in [3.63, 3.8) is 0 Å². The number of esters is 7. The maximum Gasteiger partial charge on any atom is 0.303 e. The molecule has 2 aliphatic heterocycles. The van der Waals surface area contributed by atoms with E-state index in [0.29, 0.717) is 6.54 Å². The molecule has 2 saturated heterocycles. The second-order valence-corrected chi connectivity index (χ2v) is 14.2. The molecule has 0 radical (unpaired) electrons. The van der Waals surface area contributed by atoms with E-state index in [4.69, 9.17) is 47.4 Å². The van der Waals surface area contributed by atoms with Crippen molar-refractivity contribution in [3.05, 3.63) is 0 Å². The lowest BCUT2D eigenvalue weighted by Crippen LogP contribution is -2.66. The summed E-state index contributed by atoms with van der Waals surface area (Å²) in [6.07, 6.45) is -7.76. The minimum atomic E-state index is -1.79. The fourth-order valence-corrected chi connectivity index (χ4v) is 6.99. The molecule has 56 heavy (non-hydrogen) atoms. The van der Waals surface area contributed by atoms with Crippen LogP contribution in [0.4, 0.5) is 0 Å². The summed E-state index contributed by atoms with van der Waals surface area (Å²) in [6, 6.07) is 0. The van der Waals surface area contributed by atoms with Gasteiger partial charge < -0.3 is 52.7 Å². The maximum absolute atomic E-state index is 12.9. The Labute approximate surface area is 330 Å². The summed E-state index contributed by atoms with van der Waals surface area (Å²) in [5.74, 6) is -6.35. The lowest BCUT2D eigenvalue weighted by Gasteiger charge is -2.48. The molecule has 10 atom stereocenters. The normalized spacial score (nSPS) is 27.1. The summed E-state index contributed by atoms with van der Waals surface area (Å²) in [7, 11) is 0. The Hall–Kier alpha value is -4.01. The summed E-state index contributed by atoms with van der Waals surface area (Å²) in [6.45, 7) is 9.01. The molecule has 2 fully saturated rings. The molecule has 1 N–H and O–H groups in total. The highest BCUT2D eigenvalue weighted by atomic mass is 32.2. The third-order valence-corrected chi connectivity index (χ3v) is 9.25. The van der Waals surface area contributed by atoms with Gasteiger partial charge in [0.05, 0.1) is 5.75 Å². The third kappa shape index (κ3) is 17.0. The second-order valence-electron chi connectivity index (χ2n) is 13.1. The molecular formula is C36H55NO18S. The molecule has 1 amide bonds. The molecule has 2 aliphatic rings. The molecule has 2 heterocycles. The van der Waals surface area contributed by atoms with E-state index >= 15 is 0 Å². The number of amides is 1. The Morgan fingerprint density at radius 3 is 1.48 bits per heavy atom. The summed E-state index contributed by atoms with van der Waals surface area (Å²) in [5, 5.41) is 2.84. The Balaban J connectivity index is 2.56. The van der Waals surface area contributed by atoms with E-state index in [2.05, 4.69) is 12.2 Å². The zero-order chi connectivity index (χ0) is 41.9. The van der Waals surface area contributed by atoms with Crippen molar-refractivity contribution < 1.29 is 85.7 Å². The first-order valence-corrected chi connectivity index (χ1v) is 19.5. The Kier molecular flexibility index (Phi) is 21.1. The van der Waals surface area contributed by atoms with Crippen LogP contribution in [0.5, 0.6) is 0 Å². The van der Waals surface area contributed by atoms with Gasteiger partial charge >= 0.3 is 41.8 Å². The van der Waals surface area contributed by atoms with Crippen LogP contribution in [0.2, 0.25) is 0 Å². The number of rotatable bonds is 21. The molecule has 0 aromatic rings. The molecule has 20 heteroatoms. The Bertz CT molecular complexity index is 1360. The van der Waals surface area contributed by atoms with Crippen LogP contribution in [0.15, 0.2) is 0 Å². The number of hydrogen-bond acceptors (Lipinski definition) is 19. The number of carbonyl (C=O) groups excluding carboxylic acids is 8. The van der Waals surface area contributed by atoms with Crippen molar-refractivity contribution in [1.29, 1.82) is 0 Å². The van der Waals surface area contributed by atoms with E-state index in [-0.39, 0.29) is 11.7 Å². The molecule has 19 nitrogen and oxygen atoms in total. The van der Waals surface area contributed by atoms with Gasteiger partial charge in [0.1, 0.15) is 37.0 Å². The van der Waals surface area contributed by atoms with Crippen molar-refractivity contribution in [2.45, 2.75) is 154 Å². The number of unbranched alkanes of at least 4 members (excludes halogenated alkanes) is 5. The molecule has 0 unspecified atom stereocenters. The maximum atomic E-state index is 12.9. The number of hydrogen-bond donors (Lipinski definition) is 1. The van der Waals surface area contributed by atoms with Gasteiger partial charge in [-0.25, -0.2) is 0 Å². The predicted molar refractivity (Wildman–Crippen MR) is 192 cm³/mol. The first-order valence-electron chi connectivity index (χ1n) is 18.4. The standard InChI is InChI=1S/C36H55NO18S/c1-9-10-11-12-13-14-15-37-28(45)18-56-36-34(52-25(8)44)32(50-23(6)42)30(27(54-36)17-47-20(3)39)55-35-33(51-24(7)43)31(49-22(5)41)29(48-21(4)40)26(53-35)16-46-19(2)38/h26-27,29-36H,9-18H2,1-8H3,(H,37,45)/t26-,27-,29+,30-,31+,32+,33-,34-,35+,36+/m1/s1. The molecule has 2 rings (SSSR count). The first-order chi connectivity index (χ1) is 26.4. The van der Waals surface area contributed by atoms with Crippen LogP contribution in [-0.2, 0) is 85.7 Å². The number of carbonyl (C=O) groups is 8.